The van der Waals surface area contributed by atoms with Crippen molar-refractivity contribution in [3.8, 4) is 0 Å². The number of amides is 3. The fourth-order valence-corrected chi connectivity index (χ4v) is 2.00. The predicted octanol–water partition coefficient (Wildman–Crippen LogP) is 0.697. The Balaban J connectivity index is 2.01. The van der Waals surface area contributed by atoms with Gasteiger partial charge in [-0.05, 0) is 24.3 Å². The summed E-state index contributed by atoms with van der Waals surface area (Å²) in [6, 6.07) is 14.8. The van der Waals surface area contributed by atoms with Crippen LogP contribution in [0.5, 0.6) is 0 Å². The molecule has 8 nitrogen and oxygen atoms in total. The molecule has 0 radical (unpaired) electrons. The molecule has 134 valence electrons. The summed E-state index contributed by atoms with van der Waals surface area (Å²) in [7, 11) is 0. The van der Waals surface area contributed by atoms with Crippen LogP contribution >= 0.6 is 0 Å². The highest BCUT2D eigenvalue weighted by atomic mass is 16.5. The number of nitrogens with one attached hydrogen (secondary N) is 2. The van der Waals surface area contributed by atoms with Crippen molar-refractivity contribution in [1.29, 1.82) is 0 Å². The molecule has 4 N–H and O–H groups in total. The first kappa shape index (κ1) is 18.7. The normalized spacial score (nSPS) is 9.85. The number of carbonyl (C=O) groups excluding carboxylic acids is 4. The molecule has 0 aliphatic heterocycles. The monoisotopic (exact) mass is 355 g/mol. The second-order valence-electron chi connectivity index (χ2n) is 5.18. The van der Waals surface area contributed by atoms with Crippen LogP contribution < -0.4 is 16.4 Å². The third kappa shape index (κ3) is 5.45. The summed E-state index contributed by atoms with van der Waals surface area (Å²) in [6.07, 6.45) is 0. The van der Waals surface area contributed by atoms with E-state index in [0.29, 0.717) is 5.56 Å². The molecule has 0 aliphatic rings. The largest absolute Gasteiger partial charge is 0.452 e. The maximum atomic E-state index is 12.2. The molecule has 8 heteroatoms. The zero-order chi connectivity index (χ0) is 18.9. The lowest BCUT2D eigenvalue weighted by Gasteiger charge is -2.11. The molecule has 0 aromatic heterocycles. The summed E-state index contributed by atoms with van der Waals surface area (Å²) in [5.74, 6) is -2.55. The zero-order valence-electron chi connectivity index (χ0n) is 13.7. The molecule has 0 heterocycles. The molecule has 2 rings (SSSR count). The van der Waals surface area contributed by atoms with Crippen LogP contribution in [-0.2, 0) is 14.3 Å². The van der Waals surface area contributed by atoms with Crippen molar-refractivity contribution in [3.05, 3.63) is 65.7 Å². The number of para-hydroxylation sites is 1. The summed E-state index contributed by atoms with van der Waals surface area (Å²) in [5, 5.41) is 4.83. The van der Waals surface area contributed by atoms with Crippen LogP contribution in [-0.4, -0.2) is 36.8 Å². The Morgan fingerprint density at radius 3 is 2.27 bits per heavy atom. The molecular formula is C18H17N3O5. The van der Waals surface area contributed by atoms with Gasteiger partial charge in [-0.15, -0.1) is 0 Å². The van der Waals surface area contributed by atoms with Gasteiger partial charge in [0.2, 0.25) is 5.91 Å². The highest BCUT2D eigenvalue weighted by Gasteiger charge is 2.16. The van der Waals surface area contributed by atoms with Gasteiger partial charge in [-0.2, -0.15) is 0 Å². The fourth-order valence-electron chi connectivity index (χ4n) is 2.00. The topological polar surface area (TPSA) is 128 Å². The van der Waals surface area contributed by atoms with Crippen LogP contribution in [0.3, 0.4) is 0 Å². The first-order chi connectivity index (χ1) is 12.5. The number of carbonyl (C=O) groups is 4. The molecule has 0 spiro atoms. The van der Waals surface area contributed by atoms with Crippen LogP contribution in [0.25, 0.3) is 0 Å². The molecule has 0 atom stereocenters. The lowest BCUT2D eigenvalue weighted by Crippen LogP contribution is -2.36. The number of rotatable bonds is 7. The Morgan fingerprint density at radius 2 is 1.58 bits per heavy atom. The van der Waals surface area contributed by atoms with Gasteiger partial charge in [0.1, 0.15) is 0 Å². The number of primary amides is 1. The average molecular weight is 355 g/mol. The van der Waals surface area contributed by atoms with E-state index in [1.54, 1.807) is 48.5 Å². The summed E-state index contributed by atoms with van der Waals surface area (Å²) in [6.45, 7) is -0.923. The third-order valence-corrected chi connectivity index (χ3v) is 3.23. The quantitative estimate of drug-likeness (QED) is 0.630. The second-order valence-corrected chi connectivity index (χ2v) is 5.18. The minimum absolute atomic E-state index is 0.0967. The van der Waals surface area contributed by atoms with E-state index in [-0.39, 0.29) is 23.7 Å². The summed E-state index contributed by atoms with van der Waals surface area (Å²) >= 11 is 0. The van der Waals surface area contributed by atoms with E-state index in [4.69, 9.17) is 10.5 Å². The third-order valence-electron chi connectivity index (χ3n) is 3.23. The second kappa shape index (κ2) is 8.97. The fraction of sp³-hybridized carbons (Fsp3) is 0.111. The Kier molecular flexibility index (Phi) is 6.44. The lowest BCUT2D eigenvalue weighted by molar-refractivity contribution is -0.127. The number of ether oxygens (including phenoxy) is 1. The minimum Gasteiger partial charge on any atom is -0.452 e. The molecule has 0 saturated carbocycles. The molecule has 0 fully saturated rings. The molecule has 26 heavy (non-hydrogen) atoms. The Labute approximate surface area is 149 Å². The van der Waals surface area contributed by atoms with Crippen molar-refractivity contribution in [2.75, 3.05) is 18.5 Å². The maximum absolute atomic E-state index is 12.2. The van der Waals surface area contributed by atoms with E-state index in [2.05, 4.69) is 10.6 Å². The standard InChI is InChI=1S/C18H17N3O5/c19-15(22)10-20-16(23)11-26-18(25)13-8-4-5-9-14(13)21-17(24)12-6-2-1-3-7-12/h1-9H,10-11H2,(H2,19,22)(H,20,23)(H,21,24). The van der Waals surface area contributed by atoms with Crippen LogP contribution in [0.4, 0.5) is 5.69 Å². The number of hydrogen-bond acceptors (Lipinski definition) is 5. The van der Waals surface area contributed by atoms with Gasteiger partial charge < -0.3 is 21.1 Å². The van der Waals surface area contributed by atoms with Crippen LogP contribution in [0.15, 0.2) is 54.6 Å². The molecule has 0 bridgehead atoms. The molecule has 0 saturated heterocycles. The van der Waals surface area contributed by atoms with Crippen molar-refractivity contribution in [2.45, 2.75) is 0 Å². The molecule has 0 aliphatic carbocycles. The van der Waals surface area contributed by atoms with Crippen LogP contribution in [0.1, 0.15) is 20.7 Å². The van der Waals surface area contributed by atoms with Gasteiger partial charge in [0.15, 0.2) is 6.61 Å². The summed E-state index contributed by atoms with van der Waals surface area (Å²) in [4.78, 5) is 46.5. The number of benzene rings is 2. The highest BCUT2D eigenvalue weighted by molar-refractivity contribution is 6.08. The molecular weight excluding hydrogens is 338 g/mol. The lowest BCUT2D eigenvalue weighted by atomic mass is 10.1. The average Bonchev–Trinajstić information content (AvgIpc) is 2.65. The van der Waals surface area contributed by atoms with Crippen LogP contribution in [0, 0.1) is 0 Å². The maximum Gasteiger partial charge on any atom is 0.340 e. The molecule has 0 unspecified atom stereocenters. The van der Waals surface area contributed by atoms with Gasteiger partial charge in [0.05, 0.1) is 17.8 Å². The van der Waals surface area contributed by atoms with E-state index >= 15 is 0 Å². The molecule has 2 aromatic carbocycles. The highest BCUT2D eigenvalue weighted by Crippen LogP contribution is 2.17. The number of hydrogen-bond donors (Lipinski definition) is 3. The van der Waals surface area contributed by atoms with Gasteiger partial charge in [-0.1, -0.05) is 30.3 Å². The first-order valence-electron chi connectivity index (χ1n) is 7.65. The van der Waals surface area contributed by atoms with Gasteiger partial charge in [-0.3, -0.25) is 14.4 Å². The molecule has 3 amide bonds. The first-order valence-corrected chi connectivity index (χ1v) is 7.65. The summed E-state index contributed by atoms with van der Waals surface area (Å²) in [5.41, 5.74) is 5.68. The number of nitrogens with two attached hydrogens (primary N) is 1. The zero-order valence-corrected chi connectivity index (χ0v) is 13.7. The van der Waals surface area contributed by atoms with Crippen molar-refractivity contribution in [3.63, 3.8) is 0 Å². The van der Waals surface area contributed by atoms with Crippen molar-refractivity contribution >= 4 is 29.4 Å². The van der Waals surface area contributed by atoms with Gasteiger partial charge in [0, 0.05) is 5.56 Å². The van der Waals surface area contributed by atoms with Crippen molar-refractivity contribution in [2.24, 2.45) is 5.73 Å². The van der Waals surface area contributed by atoms with E-state index in [9.17, 15) is 19.2 Å². The SMILES string of the molecule is NC(=O)CNC(=O)COC(=O)c1ccccc1NC(=O)c1ccccc1. The predicted molar refractivity (Wildman–Crippen MR) is 93.3 cm³/mol. The Bertz CT molecular complexity index is 821. The van der Waals surface area contributed by atoms with Crippen molar-refractivity contribution in [1.82, 2.24) is 5.32 Å². The van der Waals surface area contributed by atoms with E-state index in [0.717, 1.165) is 0 Å². The van der Waals surface area contributed by atoms with E-state index in [1.165, 1.54) is 6.07 Å². The van der Waals surface area contributed by atoms with Gasteiger partial charge in [-0.25, -0.2) is 4.79 Å². The summed E-state index contributed by atoms with van der Waals surface area (Å²) < 4.78 is 4.90. The van der Waals surface area contributed by atoms with Gasteiger partial charge in [0.25, 0.3) is 11.8 Å². The Morgan fingerprint density at radius 1 is 0.923 bits per heavy atom. The van der Waals surface area contributed by atoms with E-state index in [1.807, 2.05) is 0 Å². The molecule has 2 aromatic rings. The van der Waals surface area contributed by atoms with Crippen LogP contribution in [0.2, 0.25) is 0 Å². The van der Waals surface area contributed by atoms with E-state index < -0.39 is 24.4 Å². The number of esters is 1. The minimum atomic E-state index is -0.789. The van der Waals surface area contributed by atoms with Crippen molar-refractivity contribution < 1.29 is 23.9 Å². The smallest absolute Gasteiger partial charge is 0.340 e. The number of anilines is 1. The Hall–Kier alpha value is -3.68. The van der Waals surface area contributed by atoms with Gasteiger partial charge >= 0.3 is 5.97 Å².